The Hall–Kier alpha value is -1.39. The smallest absolute Gasteiger partial charge is 0.322 e. The summed E-state index contributed by atoms with van der Waals surface area (Å²) >= 11 is 1.75. The number of fused-ring (bicyclic) bond motifs is 1. The fourth-order valence-corrected chi connectivity index (χ4v) is 2.99. The molecule has 2 rings (SSSR count). The summed E-state index contributed by atoms with van der Waals surface area (Å²) in [4.78, 5) is 12.6. The minimum Gasteiger partial charge on any atom is -0.468 e. The lowest BCUT2D eigenvalue weighted by molar-refractivity contribution is -0.142. The molecule has 0 aliphatic carbocycles. The minimum atomic E-state index is -0.296. The van der Waals surface area contributed by atoms with Crippen LogP contribution >= 0.6 is 11.3 Å². The Morgan fingerprint density at radius 2 is 2.06 bits per heavy atom. The van der Waals surface area contributed by atoms with E-state index in [4.69, 9.17) is 4.74 Å². The van der Waals surface area contributed by atoms with Gasteiger partial charge in [0.1, 0.15) is 6.04 Å². The second kappa shape index (κ2) is 5.50. The third-order valence-electron chi connectivity index (χ3n) is 2.93. The van der Waals surface area contributed by atoms with E-state index in [1.54, 1.807) is 11.3 Å². The fourth-order valence-electron chi connectivity index (χ4n) is 1.92. The predicted octanol–water partition coefficient (Wildman–Crippen LogP) is 3.11. The quantitative estimate of drug-likeness (QED) is 0.861. The third-order valence-corrected chi connectivity index (χ3v) is 4.22. The van der Waals surface area contributed by atoms with Gasteiger partial charge in [-0.25, -0.2) is 0 Å². The van der Waals surface area contributed by atoms with Gasteiger partial charge in [0, 0.05) is 15.6 Å². The number of benzene rings is 1. The van der Waals surface area contributed by atoms with Crippen molar-refractivity contribution in [3.05, 3.63) is 35.2 Å². The van der Waals surface area contributed by atoms with Gasteiger partial charge < -0.3 is 4.74 Å². The van der Waals surface area contributed by atoms with Gasteiger partial charge in [-0.05, 0) is 31.4 Å². The van der Waals surface area contributed by atoms with Crippen LogP contribution in [0.4, 0.5) is 0 Å². The van der Waals surface area contributed by atoms with Gasteiger partial charge in [0.15, 0.2) is 0 Å². The molecule has 4 heteroatoms. The molecule has 96 valence electrons. The maximum Gasteiger partial charge on any atom is 0.322 e. The number of rotatable bonds is 4. The molecule has 3 nitrogen and oxygen atoms in total. The van der Waals surface area contributed by atoms with E-state index in [9.17, 15) is 4.79 Å². The summed E-state index contributed by atoms with van der Waals surface area (Å²) in [5.41, 5.74) is 0. The van der Waals surface area contributed by atoms with E-state index in [1.807, 2.05) is 19.1 Å². The molecule has 0 saturated heterocycles. The molecule has 0 spiro atoms. The van der Waals surface area contributed by atoms with Gasteiger partial charge in [-0.1, -0.05) is 18.2 Å². The lowest BCUT2D eigenvalue weighted by atomic mass is 10.2. The fraction of sp³-hybridized carbons (Fsp3) is 0.357. The summed E-state index contributed by atoms with van der Waals surface area (Å²) in [6, 6.07) is 10.3. The Morgan fingerprint density at radius 1 is 1.33 bits per heavy atom. The molecule has 2 atom stereocenters. The highest BCUT2D eigenvalue weighted by Crippen LogP contribution is 2.29. The van der Waals surface area contributed by atoms with E-state index in [-0.39, 0.29) is 18.1 Å². The molecule has 1 aromatic carbocycles. The van der Waals surface area contributed by atoms with Crippen molar-refractivity contribution in [3.8, 4) is 0 Å². The number of nitrogens with one attached hydrogen (secondary N) is 1. The highest BCUT2D eigenvalue weighted by Gasteiger charge is 2.17. The topological polar surface area (TPSA) is 38.3 Å². The molecule has 1 heterocycles. The molecule has 2 aromatic rings. The van der Waals surface area contributed by atoms with Gasteiger partial charge in [-0.15, -0.1) is 11.3 Å². The van der Waals surface area contributed by atoms with E-state index in [2.05, 4.69) is 30.4 Å². The molecular formula is C14H17NO2S. The number of carbonyl (C=O) groups excluding carboxylic acids is 1. The van der Waals surface area contributed by atoms with E-state index < -0.39 is 0 Å². The third kappa shape index (κ3) is 2.71. The molecule has 1 unspecified atom stereocenters. The highest BCUT2D eigenvalue weighted by atomic mass is 32.1. The Labute approximate surface area is 111 Å². The summed E-state index contributed by atoms with van der Waals surface area (Å²) in [5.74, 6) is -0.233. The molecule has 0 saturated carbocycles. The van der Waals surface area contributed by atoms with Crippen molar-refractivity contribution in [2.75, 3.05) is 7.11 Å². The van der Waals surface area contributed by atoms with Gasteiger partial charge in [-0.2, -0.15) is 0 Å². The lowest BCUT2D eigenvalue weighted by Crippen LogP contribution is -2.36. The van der Waals surface area contributed by atoms with E-state index >= 15 is 0 Å². The summed E-state index contributed by atoms with van der Waals surface area (Å²) in [7, 11) is 1.41. The Kier molecular flexibility index (Phi) is 3.99. The van der Waals surface area contributed by atoms with Crippen molar-refractivity contribution in [3.63, 3.8) is 0 Å². The van der Waals surface area contributed by atoms with Crippen molar-refractivity contribution < 1.29 is 9.53 Å². The molecule has 0 radical (unpaired) electrons. The summed E-state index contributed by atoms with van der Waals surface area (Å²) < 4.78 is 5.98. The monoisotopic (exact) mass is 263 g/mol. The molecular weight excluding hydrogens is 246 g/mol. The Balaban J connectivity index is 2.13. The van der Waals surface area contributed by atoms with Gasteiger partial charge in [0.25, 0.3) is 0 Å². The van der Waals surface area contributed by atoms with Crippen LogP contribution in [-0.2, 0) is 9.53 Å². The van der Waals surface area contributed by atoms with Crippen LogP contribution in [0, 0.1) is 0 Å². The average Bonchev–Trinajstić information content (AvgIpc) is 2.81. The first kappa shape index (κ1) is 13.1. The largest absolute Gasteiger partial charge is 0.468 e. The number of carbonyl (C=O) groups is 1. The summed E-state index contributed by atoms with van der Waals surface area (Å²) in [6.07, 6.45) is 0. The van der Waals surface area contributed by atoms with E-state index in [0.717, 1.165) is 0 Å². The summed E-state index contributed by atoms with van der Waals surface area (Å²) in [6.45, 7) is 3.87. The normalized spacial score (nSPS) is 14.4. The van der Waals surface area contributed by atoms with Gasteiger partial charge >= 0.3 is 5.97 Å². The van der Waals surface area contributed by atoms with Crippen LogP contribution in [0.25, 0.3) is 10.1 Å². The van der Waals surface area contributed by atoms with Crippen LogP contribution in [0.15, 0.2) is 30.3 Å². The molecule has 18 heavy (non-hydrogen) atoms. The molecule has 1 aromatic heterocycles. The number of thiophene rings is 1. The second-order valence-corrected chi connectivity index (χ2v) is 5.44. The van der Waals surface area contributed by atoms with Gasteiger partial charge in [0.05, 0.1) is 7.11 Å². The molecule has 0 bridgehead atoms. The number of hydrogen-bond acceptors (Lipinski definition) is 4. The van der Waals surface area contributed by atoms with Crippen LogP contribution in [0.3, 0.4) is 0 Å². The SMILES string of the molecule is COC(=O)[C@H](C)NC(C)c1cc2ccccc2s1. The Bertz CT molecular complexity index is 516. The molecule has 0 amide bonds. The van der Waals surface area contributed by atoms with Crippen molar-refractivity contribution in [2.45, 2.75) is 25.9 Å². The Morgan fingerprint density at radius 3 is 2.72 bits per heavy atom. The zero-order chi connectivity index (χ0) is 13.1. The number of hydrogen-bond donors (Lipinski definition) is 1. The highest BCUT2D eigenvalue weighted by molar-refractivity contribution is 7.19. The van der Waals surface area contributed by atoms with E-state index in [1.165, 1.54) is 22.1 Å². The number of methoxy groups -OCH3 is 1. The maximum absolute atomic E-state index is 11.4. The molecule has 0 aliphatic rings. The van der Waals surface area contributed by atoms with Crippen molar-refractivity contribution in [2.24, 2.45) is 0 Å². The summed E-state index contributed by atoms with van der Waals surface area (Å²) in [5, 5.41) is 4.49. The van der Waals surface area contributed by atoms with Crippen LogP contribution in [0.2, 0.25) is 0 Å². The average molecular weight is 263 g/mol. The molecule has 1 N–H and O–H groups in total. The number of ether oxygens (including phenoxy) is 1. The lowest BCUT2D eigenvalue weighted by Gasteiger charge is -2.16. The standard InChI is InChI=1S/C14H17NO2S/c1-9(15-10(2)14(16)17-3)13-8-11-6-4-5-7-12(11)18-13/h4-10,15H,1-3H3/t9?,10-/m0/s1. The minimum absolute atomic E-state index is 0.136. The van der Waals surface area contributed by atoms with Crippen molar-refractivity contribution in [1.29, 1.82) is 0 Å². The maximum atomic E-state index is 11.4. The van der Waals surface area contributed by atoms with Crippen LogP contribution in [0.1, 0.15) is 24.8 Å². The van der Waals surface area contributed by atoms with Crippen molar-refractivity contribution in [1.82, 2.24) is 5.32 Å². The van der Waals surface area contributed by atoms with Gasteiger partial charge in [-0.3, -0.25) is 10.1 Å². The predicted molar refractivity (Wildman–Crippen MR) is 74.9 cm³/mol. The first-order chi connectivity index (χ1) is 8.61. The second-order valence-electron chi connectivity index (χ2n) is 4.32. The molecule has 0 aliphatic heterocycles. The van der Waals surface area contributed by atoms with Crippen LogP contribution in [0.5, 0.6) is 0 Å². The van der Waals surface area contributed by atoms with Gasteiger partial charge in [0.2, 0.25) is 0 Å². The number of esters is 1. The van der Waals surface area contributed by atoms with Crippen LogP contribution in [-0.4, -0.2) is 19.1 Å². The molecule has 0 fully saturated rings. The first-order valence-electron chi connectivity index (χ1n) is 5.94. The van der Waals surface area contributed by atoms with Crippen molar-refractivity contribution >= 4 is 27.4 Å². The zero-order valence-corrected chi connectivity index (χ0v) is 11.6. The zero-order valence-electron chi connectivity index (χ0n) is 10.8. The van der Waals surface area contributed by atoms with E-state index in [0.29, 0.717) is 0 Å². The first-order valence-corrected chi connectivity index (χ1v) is 6.76. The van der Waals surface area contributed by atoms with Crippen LogP contribution < -0.4 is 5.32 Å².